The molecule has 3 aromatic heterocycles. The van der Waals surface area contributed by atoms with E-state index in [1.54, 1.807) is 0 Å². The summed E-state index contributed by atoms with van der Waals surface area (Å²) in [5.74, 6) is 2.68. The second-order valence-corrected chi connectivity index (χ2v) is 15.0. The number of para-hydroxylation sites is 2. The van der Waals surface area contributed by atoms with Crippen LogP contribution >= 0.6 is 0 Å². The van der Waals surface area contributed by atoms with E-state index >= 15 is 0 Å². The fraction of sp³-hybridized carbons (Fsp3) is 0.0377. The third-order valence-electron chi connectivity index (χ3n) is 11.6. The van der Waals surface area contributed by atoms with E-state index < -0.39 is 0 Å². The van der Waals surface area contributed by atoms with Crippen molar-refractivity contribution >= 4 is 60.0 Å². The molecule has 5 nitrogen and oxygen atoms in total. The smallest absolute Gasteiger partial charge is 0.167 e. The molecule has 272 valence electrons. The predicted molar refractivity (Wildman–Crippen MR) is 235 cm³/mol. The van der Waals surface area contributed by atoms with E-state index in [0.717, 1.165) is 101 Å². The molecule has 11 aromatic rings. The van der Waals surface area contributed by atoms with Crippen LogP contribution in [0, 0.1) is 0 Å². The minimum Gasteiger partial charge on any atom is -0.456 e. The van der Waals surface area contributed by atoms with Gasteiger partial charge in [0.25, 0.3) is 0 Å². The van der Waals surface area contributed by atoms with Crippen LogP contribution in [0.25, 0.3) is 105 Å². The Kier molecular flexibility index (Phi) is 7.29. The first-order valence-corrected chi connectivity index (χ1v) is 19.7. The third-order valence-corrected chi connectivity index (χ3v) is 11.6. The number of benzene rings is 8. The van der Waals surface area contributed by atoms with Crippen LogP contribution in [0.15, 0.2) is 185 Å². The molecule has 0 radical (unpaired) electrons. The normalized spacial score (nSPS) is 12.8. The summed E-state index contributed by atoms with van der Waals surface area (Å²) < 4.78 is 13.3. The van der Waals surface area contributed by atoms with Gasteiger partial charge in [-0.2, -0.15) is 0 Å². The SMILES string of the molecule is C1=C(c2nc(-c3ccccc3)nc(-c3ccc(-c4ccc(-c5ccc6ccccc6c5)c5oc6ccccc6c45)c4ccccc34)n2)c2oc3ccccc3c2CC1. The molecular formula is C53H33N3O2. The summed E-state index contributed by atoms with van der Waals surface area (Å²) in [5.41, 5.74) is 11.0. The molecule has 12 rings (SSSR count). The summed E-state index contributed by atoms with van der Waals surface area (Å²) in [5, 5.41) is 7.90. The molecule has 0 amide bonds. The summed E-state index contributed by atoms with van der Waals surface area (Å²) in [4.78, 5) is 15.5. The van der Waals surface area contributed by atoms with Crippen LogP contribution < -0.4 is 0 Å². The van der Waals surface area contributed by atoms with Crippen molar-refractivity contribution in [1.29, 1.82) is 0 Å². The van der Waals surface area contributed by atoms with Gasteiger partial charge in [0.05, 0.1) is 5.57 Å². The highest BCUT2D eigenvalue weighted by Gasteiger charge is 2.26. The zero-order valence-corrected chi connectivity index (χ0v) is 31.3. The number of rotatable bonds is 5. The van der Waals surface area contributed by atoms with Gasteiger partial charge in [-0.25, -0.2) is 15.0 Å². The lowest BCUT2D eigenvalue weighted by atomic mass is 9.90. The van der Waals surface area contributed by atoms with Gasteiger partial charge < -0.3 is 8.83 Å². The molecular weight excluding hydrogens is 711 g/mol. The van der Waals surface area contributed by atoms with Crippen LogP contribution in [-0.4, -0.2) is 15.0 Å². The number of hydrogen-bond donors (Lipinski definition) is 0. The zero-order valence-electron chi connectivity index (χ0n) is 31.3. The number of aryl methyl sites for hydroxylation is 1. The molecule has 3 heterocycles. The Bertz CT molecular complexity index is 3470. The molecule has 5 heteroatoms. The highest BCUT2D eigenvalue weighted by molar-refractivity contribution is 6.19. The fourth-order valence-corrected chi connectivity index (χ4v) is 8.91. The first-order valence-electron chi connectivity index (χ1n) is 19.7. The van der Waals surface area contributed by atoms with Crippen molar-refractivity contribution in [3.8, 4) is 45.0 Å². The van der Waals surface area contributed by atoms with E-state index in [1.165, 1.54) is 16.3 Å². The molecule has 0 unspecified atom stereocenters. The number of furan rings is 2. The highest BCUT2D eigenvalue weighted by atomic mass is 16.3. The lowest BCUT2D eigenvalue weighted by Gasteiger charge is -2.16. The monoisotopic (exact) mass is 743 g/mol. The second-order valence-electron chi connectivity index (χ2n) is 15.0. The molecule has 0 bridgehead atoms. The van der Waals surface area contributed by atoms with Crippen molar-refractivity contribution in [2.24, 2.45) is 0 Å². The average molecular weight is 744 g/mol. The molecule has 0 spiro atoms. The molecule has 58 heavy (non-hydrogen) atoms. The van der Waals surface area contributed by atoms with Gasteiger partial charge in [-0.05, 0) is 81.4 Å². The summed E-state index contributed by atoms with van der Waals surface area (Å²) >= 11 is 0. The molecule has 0 saturated heterocycles. The topological polar surface area (TPSA) is 65.0 Å². The summed E-state index contributed by atoms with van der Waals surface area (Å²) in [6, 6.07) is 59.3. The van der Waals surface area contributed by atoms with E-state index in [1.807, 2.05) is 48.5 Å². The first kappa shape index (κ1) is 32.6. The van der Waals surface area contributed by atoms with E-state index in [2.05, 4.69) is 127 Å². The average Bonchev–Trinajstić information content (AvgIpc) is 3.88. The Balaban J connectivity index is 1.06. The van der Waals surface area contributed by atoms with Gasteiger partial charge in [0, 0.05) is 38.4 Å². The van der Waals surface area contributed by atoms with Gasteiger partial charge >= 0.3 is 0 Å². The molecule has 0 N–H and O–H groups in total. The Labute approximate surface area is 333 Å². The van der Waals surface area contributed by atoms with Crippen LogP contribution in [0.3, 0.4) is 0 Å². The van der Waals surface area contributed by atoms with Crippen LogP contribution in [0.2, 0.25) is 0 Å². The van der Waals surface area contributed by atoms with Crippen molar-refractivity contribution in [3.05, 3.63) is 193 Å². The zero-order chi connectivity index (χ0) is 38.2. The van der Waals surface area contributed by atoms with Gasteiger partial charge in [-0.1, -0.05) is 146 Å². The van der Waals surface area contributed by atoms with E-state index in [-0.39, 0.29) is 0 Å². The number of aromatic nitrogens is 3. The molecule has 8 aromatic carbocycles. The van der Waals surface area contributed by atoms with Crippen LogP contribution in [-0.2, 0) is 6.42 Å². The van der Waals surface area contributed by atoms with Gasteiger partial charge in [-0.3, -0.25) is 0 Å². The lowest BCUT2D eigenvalue weighted by molar-refractivity contribution is 0.590. The second kappa shape index (κ2) is 13.0. The van der Waals surface area contributed by atoms with Crippen LogP contribution in [0.4, 0.5) is 0 Å². The fourth-order valence-electron chi connectivity index (χ4n) is 8.91. The maximum absolute atomic E-state index is 6.75. The summed E-state index contributed by atoms with van der Waals surface area (Å²) in [6.07, 6.45) is 4.00. The quantitative estimate of drug-likeness (QED) is 0.176. The van der Waals surface area contributed by atoms with Crippen LogP contribution in [0.1, 0.15) is 23.6 Å². The maximum atomic E-state index is 6.75. The largest absolute Gasteiger partial charge is 0.456 e. The Morgan fingerprint density at radius 3 is 1.88 bits per heavy atom. The predicted octanol–water partition coefficient (Wildman–Crippen LogP) is 13.9. The summed E-state index contributed by atoms with van der Waals surface area (Å²) in [6.45, 7) is 0. The number of fused-ring (bicyclic) bond motifs is 8. The standard InChI is InChI=1S/C53H33N3O2/c1-2-14-33(15-3-1)51-54-52(56-53(55-51)45-22-12-21-42-40-19-8-10-23-46(40)57-49(42)45)43-30-28-39(37-17-6-7-18-38(37)43)41-29-27-36(35-26-25-32-13-4-5-16-34(32)31-35)50-48(41)44-20-9-11-24-47(44)58-50/h1-11,13-20,22-31H,12,21H2. The number of nitrogens with zero attached hydrogens (tertiary/aromatic N) is 3. The minimum absolute atomic E-state index is 0.605. The molecule has 1 aliphatic carbocycles. The molecule has 1 aliphatic rings. The third kappa shape index (κ3) is 5.14. The maximum Gasteiger partial charge on any atom is 0.167 e. The van der Waals surface area contributed by atoms with E-state index in [4.69, 9.17) is 23.8 Å². The van der Waals surface area contributed by atoms with Crippen LogP contribution in [0.5, 0.6) is 0 Å². The van der Waals surface area contributed by atoms with Crippen molar-refractivity contribution < 1.29 is 8.83 Å². The van der Waals surface area contributed by atoms with Crippen molar-refractivity contribution in [3.63, 3.8) is 0 Å². The van der Waals surface area contributed by atoms with Gasteiger partial charge in [-0.15, -0.1) is 0 Å². The Hall–Kier alpha value is -7.63. The molecule has 0 aliphatic heterocycles. The minimum atomic E-state index is 0.605. The van der Waals surface area contributed by atoms with Crippen molar-refractivity contribution in [1.82, 2.24) is 15.0 Å². The van der Waals surface area contributed by atoms with Crippen molar-refractivity contribution in [2.45, 2.75) is 12.8 Å². The Morgan fingerprint density at radius 1 is 0.414 bits per heavy atom. The number of hydrogen-bond acceptors (Lipinski definition) is 5. The molecule has 0 atom stereocenters. The van der Waals surface area contributed by atoms with Gasteiger partial charge in [0.1, 0.15) is 22.5 Å². The highest BCUT2D eigenvalue weighted by Crippen LogP contribution is 2.45. The van der Waals surface area contributed by atoms with Crippen molar-refractivity contribution in [2.75, 3.05) is 0 Å². The lowest BCUT2D eigenvalue weighted by Crippen LogP contribution is -2.06. The molecule has 0 fully saturated rings. The van der Waals surface area contributed by atoms with Gasteiger partial charge in [0.2, 0.25) is 0 Å². The number of allylic oxidation sites excluding steroid dienone is 1. The molecule has 0 saturated carbocycles. The first-order chi connectivity index (χ1) is 28.7. The Morgan fingerprint density at radius 2 is 1.03 bits per heavy atom. The van der Waals surface area contributed by atoms with Gasteiger partial charge in [0.15, 0.2) is 17.5 Å². The summed E-state index contributed by atoms with van der Waals surface area (Å²) in [7, 11) is 0. The van der Waals surface area contributed by atoms with E-state index in [9.17, 15) is 0 Å². The van der Waals surface area contributed by atoms with E-state index in [0.29, 0.717) is 17.5 Å².